The SMILES string of the molecule is O=C1C2C=CC(C(O)c3cccc(O)c3)N(Nc3ccc([N+](=O)[O-])cc3)C2C(=O)N1c1ccccc1. The van der Waals surface area contributed by atoms with Gasteiger partial charge in [0.2, 0.25) is 5.91 Å². The smallest absolute Gasteiger partial charge is 0.269 e. The van der Waals surface area contributed by atoms with Crippen LogP contribution >= 0.6 is 0 Å². The zero-order chi connectivity index (χ0) is 25.4. The fraction of sp³-hybridized carbons (Fsp3) is 0.154. The number of anilines is 2. The number of carbonyl (C=O) groups excluding carboxylic acids is 2. The van der Waals surface area contributed by atoms with Gasteiger partial charge in [-0.15, -0.1) is 0 Å². The molecule has 4 unspecified atom stereocenters. The Morgan fingerprint density at radius 3 is 2.31 bits per heavy atom. The molecule has 0 radical (unpaired) electrons. The van der Waals surface area contributed by atoms with Gasteiger partial charge < -0.3 is 15.6 Å². The maximum absolute atomic E-state index is 13.6. The van der Waals surface area contributed by atoms with Gasteiger partial charge in [0.05, 0.1) is 22.6 Å². The molecule has 3 aromatic carbocycles. The molecular formula is C26H22N4O6. The first-order valence-electron chi connectivity index (χ1n) is 11.2. The molecule has 2 heterocycles. The summed E-state index contributed by atoms with van der Waals surface area (Å²) in [6.45, 7) is 0. The molecular weight excluding hydrogens is 464 g/mol. The van der Waals surface area contributed by atoms with Crippen molar-refractivity contribution in [3.63, 3.8) is 0 Å². The van der Waals surface area contributed by atoms with E-state index >= 15 is 0 Å². The van der Waals surface area contributed by atoms with Crippen LogP contribution in [0, 0.1) is 16.0 Å². The zero-order valence-electron chi connectivity index (χ0n) is 18.8. The summed E-state index contributed by atoms with van der Waals surface area (Å²) in [6, 6.07) is 18.5. The number of benzene rings is 3. The summed E-state index contributed by atoms with van der Waals surface area (Å²) in [5.74, 6) is -1.70. The number of phenols is 1. The van der Waals surface area contributed by atoms with Gasteiger partial charge in [0, 0.05) is 17.8 Å². The molecule has 36 heavy (non-hydrogen) atoms. The Morgan fingerprint density at radius 1 is 0.917 bits per heavy atom. The van der Waals surface area contributed by atoms with Crippen LogP contribution in [0.15, 0.2) is 91.0 Å². The highest BCUT2D eigenvalue weighted by atomic mass is 16.6. The van der Waals surface area contributed by atoms with Crippen LogP contribution in [0.4, 0.5) is 17.1 Å². The van der Waals surface area contributed by atoms with Gasteiger partial charge in [0.15, 0.2) is 0 Å². The number of nitro groups is 1. The number of nitrogens with one attached hydrogen (secondary N) is 1. The number of aliphatic hydroxyl groups is 1. The number of para-hydroxylation sites is 1. The van der Waals surface area contributed by atoms with Gasteiger partial charge >= 0.3 is 0 Å². The Labute approximate surface area is 205 Å². The molecule has 0 aromatic heterocycles. The van der Waals surface area contributed by atoms with Crippen molar-refractivity contribution in [1.82, 2.24) is 5.01 Å². The van der Waals surface area contributed by atoms with Crippen LogP contribution in [0.3, 0.4) is 0 Å². The minimum atomic E-state index is -1.17. The van der Waals surface area contributed by atoms with Gasteiger partial charge in [-0.1, -0.05) is 42.5 Å². The monoisotopic (exact) mass is 486 g/mol. The number of carbonyl (C=O) groups is 2. The molecule has 2 aliphatic rings. The largest absolute Gasteiger partial charge is 0.508 e. The quantitative estimate of drug-likeness (QED) is 0.209. The van der Waals surface area contributed by atoms with Crippen molar-refractivity contribution in [2.45, 2.75) is 18.2 Å². The summed E-state index contributed by atoms with van der Waals surface area (Å²) >= 11 is 0. The minimum Gasteiger partial charge on any atom is -0.508 e. The maximum Gasteiger partial charge on any atom is 0.269 e. The average molecular weight is 486 g/mol. The van der Waals surface area contributed by atoms with E-state index in [4.69, 9.17) is 0 Å². The summed E-state index contributed by atoms with van der Waals surface area (Å²) in [7, 11) is 0. The summed E-state index contributed by atoms with van der Waals surface area (Å²) in [5, 5.41) is 33.7. The van der Waals surface area contributed by atoms with E-state index in [1.54, 1.807) is 54.6 Å². The van der Waals surface area contributed by atoms with Gasteiger partial charge in [-0.3, -0.25) is 19.7 Å². The van der Waals surface area contributed by atoms with E-state index in [0.29, 0.717) is 16.9 Å². The number of rotatable bonds is 6. The van der Waals surface area contributed by atoms with Crippen molar-refractivity contribution in [2.24, 2.45) is 5.92 Å². The first-order valence-corrected chi connectivity index (χ1v) is 11.2. The molecule has 0 spiro atoms. The minimum absolute atomic E-state index is 0.0264. The molecule has 182 valence electrons. The Morgan fingerprint density at radius 2 is 1.64 bits per heavy atom. The third-order valence-electron chi connectivity index (χ3n) is 6.34. The van der Waals surface area contributed by atoms with Crippen LogP contribution in [0.1, 0.15) is 11.7 Å². The molecule has 1 saturated heterocycles. The topological polar surface area (TPSA) is 136 Å². The summed E-state index contributed by atoms with van der Waals surface area (Å²) in [4.78, 5) is 38.6. The fourth-order valence-corrected chi connectivity index (χ4v) is 4.62. The highest BCUT2D eigenvalue weighted by Gasteiger charge is 2.54. The Bertz CT molecular complexity index is 1340. The van der Waals surface area contributed by atoms with Gasteiger partial charge in [0.1, 0.15) is 17.9 Å². The molecule has 10 heteroatoms. The molecule has 3 aromatic rings. The van der Waals surface area contributed by atoms with Crippen molar-refractivity contribution < 1.29 is 24.7 Å². The lowest BCUT2D eigenvalue weighted by Crippen LogP contribution is -2.55. The standard InChI is InChI=1S/C26H22N4O6/c31-20-8-4-5-16(15-20)24(32)22-14-13-21-23(26(34)28(25(21)33)18-6-2-1-3-7-18)29(22)27-17-9-11-19(12-10-17)30(35)36/h1-15,21-24,27,31-32H. The van der Waals surface area contributed by atoms with Crippen LogP contribution in [-0.2, 0) is 9.59 Å². The number of phenolic OH excluding ortho intramolecular Hbond substituents is 1. The highest BCUT2D eigenvalue weighted by molar-refractivity contribution is 6.24. The van der Waals surface area contributed by atoms with Gasteiger partial charge in [0.25, 0.3) is 11.6 Å². The second-order valence-corrected chi connectivity index (χ2v) is 8.56. The second kappa shape index (κ2) is 9.25. The van der Waals surface area contributed by atoms with Crippen LogP contribution in [0.5, 0.6) is 5.75 Å². The molecule has 2 amide bonds. The van der Waals surface area contributed by atoms with Crippen LogP contribution < -0.4 is 10.3 Å². The van der Waals surface area contributed by atoms with Gasteiger partial charge in [-0.2, -0.15) is 0 Å². The Kier molecular flexibility index (Phi) is 5.96. The zero-order valence-corrected chi connectivity index (χ0v) is 18.8. The van der Waals surface area contributed by atoms with E-state index in [9.17, 15) is 29.9 Å². The van der Waals surface area contributed by atoms with E-state index in [2.05, 4.69) is 5.43 Å². The normalized spacial score (nSPS) is 22.4. The molecule has 10 nitrogen and oxygen atoms in total. The summed E-state index contributed by atoms with van der Waals surface area (Å²) in [5.41, 5.74) is 4.28. The van der Waals surface area contributed by atoms with Gasteiger partial charge in [-0.25, -0.2) is 9.91 Å². The Hall–Kier alpha value is -4.54. The number of hydrogen-bond acceptors (Lipinski definition) is 8. The number of non-ortho nitro benzene ring substituents is 1. The molecule has 4 atom stereocenters. The van der Waals surface area contributed by atoms with E-state index < -0.39 is 40.8 Å². The maximum atomic E-state index is 13.6. The van der Waals surface area contributed by atoms with E-state index in [1.807, 2.05) is 0 Å². The molecule has 3 N–H and O–H groups in total. The number of imide groups is 1. The number of hydrazine groups is 1. The molecule has 0 saturated carbocycles. The van der Waals surface area contributed by atoms with E-state index in [1.165, 1.54) is 41.4 Å². The third-order valence-corrected chi connectivity index (χ3v) is 6.34. The highest BCUT2D eigenvalue weighted by Crippen LogP contribution is 2.38. The summed E-state index contributed by atoms with van der Waals surface area (Å²) in [6.07, 6.45) is 2.10. The molecule has 2 aliphatic heterocycles. The molecule has 1 fully saturated rings. The number of nitrogens with zero attached hydrogens (tertiary/aromatic N) is 3. The van der Waals surface area contributed by atoms with Crippen molar-refractivity contribution in [3.05, 3.63) is 107 Å². The molecule has 0 aliphatic carbocycles. The number of nitro benzene ring substituents is 1. The van der Waals surface area contributed by atoms with Crippen molar-refractivity contribution >= 4 is 28.9 Å². The van der Waals surface area contributed by atoms with Crippen LogP contribution in [0.2, 0.25) is 0 Å². The number of amides is 2. The van der Waals surface area contributed by atoms with Crippen LogP contribution in [0.25, 0.3) is 0 Å². The second-order valence-electron chi connectivity index (χ2n) is 8.56. The van der Waals surface area contributed by atoms with Crippen molar-refractivity contribution in [1.29, 1.82) is 0 Å². The number of aromatic hydroxyl groups is 1. The lowest BCUT2D eigenvalue weighted by atomic mass is 9.90. The first-order chi connectivity index (χ1) is 17.3. The van der Waals surface area contributed by atoms with Gasteiger partial charge in [-0.05, 0) is 42.0 Å². The summed E-state index contributed by atoms with van der Waals surface area (Å²) < 4.78 is 0. The third kappa shape index (κ3) is 4.08. The fourth-order valence-electron chi connectivity index (χ4n) is 4.62. The number of aliphatic hydroxyl groups excluding tert-OH is 1. The predicted octanol–water partition coefficient (Wildman–Crippen LogP) is 3.16. The predicted molar refractivity (Wildman–Crippen MR) is 131 cm³/mol. The van der Waals surface area contributed by atoms with E-state index in [0.717, 1.165) is 4.90 Å². The van der Waals surface area contributed by atoms with Crippen molar-refractivity contribution in [3.8, 4) is 5.75 Å². The van der Waals surface area contributed by atoms with Crippen molar-refractivity contribution in [2.75, 3.05) is 10.3 Å². The average Bonchev–Trinajstić information content (AvgIpc) is 3.14. The molecule has 0 bridgehead atoms. The Balaban J connectivity index is 1.54. The number of hydrogen-bond donors (Lipinski definition) is 3. The molecule has 5 rings (SSSR count). The van der Waals surface area contributed by atoms with Crippen LogP contribution in [-0.4, -0.2) is 44.0 Å². The lowest BCUT2D eigenvalue weighted by Gasteiger charge is -2.40. The first kappa shape index (κ1) is 23.2. The lowest BCUT2D eigenvalue weighted by molar-refractivity contribution is -0.384. The number of fused-ring (bicyclic) bond motifs is 1. The van der Waals surface area contributed by atoms with E-state index in [-0.39, 0.29) is 11.4 Å².